The van der Waals surface area contributed by atoms with Crippen LogP contribution in [-0.4, -0.2) is 32.5 Å². The van der Waals surface area contributed by atoms with Crippen LogP contribution in [0, 0.1) is 0 Å². The molecule has 1 atom stereocenters. The van der Waals surface area contributed by atoms with Crippen molar-refractivity contribution in [1.29, 1.82) is 0 Å². The summed E-state index contributed by atoms with van der Waals surface area (Å²) in [5.41, 5.74) is 1.19. The van der Waals surface area contributed by atoms with Crippen LogP contribution in [0.1, 0.15) is 12.0 Å². The normalized spacial score (nSPS) is 24.9. The molecule has 1 aliphatic heterocycles. The third-order valence-corrected chi connectivity index (χ3v) is 4.67. The average molecular weight is 239 g/mol. The molecule has 0 aliphatic carbocycles. The van der Waals surface area contributed by atoms with Gasteiger partial charge in [0.15, 0.2) is 9.84 Å². The minimum atomic E-state index is -2.85. The quantitative estimate of drug-likeness (QED) is 0.837. The summed E-state index contributed by atoms with van der Waals surface area (Å²) in [5.74, 6) is 0.590. The average Bonchev–Trinajstić information content (AvgIpc) is 2.40. The topological polar surface area (TPSA) is 46.2 Å². The van der Waals surface area contributed by atoms with E-state index in [0.29, 0.717) is 5.75 Å². The van der Waals surface area contributed by atoms with Gasteiger partial charge >= 0.3 is 0 Å². The lowest BCUT2D eigenvalue weighted by Crippen LogP contribution is -2.35. The van der Waals surface area contributed by atoms with Crippen molar-refractivity contribution < 1.29 is 8.42 Å². The van der Waals surface area contributed by atoms with Crippen molar-refractivity contribution in [2.24, 2.45) is 0 Å². The Bertz CT molecular complexity index is 428. The maximum Gasteiger partial charge on any atom is 0.151 e. The molecule has 0 radical (unpaired) electrons. The largest absolute Gasteiger partial charge is 0.313 e. The second-order valence-electron chi connectivity index (χ2n) is 4.31. The zero-order valence-corrected chi connectivity index (χ0v) is 10.0. The molecule has 1 aliphatic rings. The summed E-state index contributed by atoms with van der Waals surface area (Å²) in [6.07, 6.45) is 1.52. The van der Waals surface area contributed by atoms with E-state index in [1.165, 1.54) is 5.56 Å². The van der Waals surface area contributed by atoms with E-state index in [1.54, 1.807) is 0 Å². The first-order valence-electron chi connectivity index (χ1n) is 5.63. The second-order valence-corrected chi connectivity index (χ2v) is 6.54. The van der Waals surface area contributed by atoms with Gasteiger partial charge in [-0.3, -0.25) is 0 Å². The van der Waals surface area contributed by atoms with Crippen LogP contribution in [0.15, 0.2) is 30.3 Å². The van der Waals surface area contributed by atoms with E-state index in [1.807, 2.05) is 30.3 Å². The monoisotopic (exact) mass is 239 g/mol. The summed E-state index contributed by atoms with van der Waals surface area (Å²) in [7, 11) is -2.85. The molecule has 1 unspecified atom stereocenters. The van der Waals surface area contributed by atoms with Gasteiger partial charge in [-0.25, -0.2) is 8.42 Å². The van der Waals surface area contributed by atoms with Crippen molar-refractivity contribution in [2.45, 2.75) is 18.9 Å². The van der Waals surface area contributed by atoms with Crippen molar-refractivity contribution >= 4 is 9.84 Å². The Labute approximate surface area is 96.8 Å². The second kappa shape index (κ2) is 4.97. The van der Waals surface area contributed by atoms with E-state index in [2.05, 4.69) is 5.32 Å². The van der Waals surface area contributed by atoms with Crippen LogP contribution in [0.2, 0.25) is 0 Å². The molecule has 0 spiro atoms. The van der Waals surface area contributed by atoms with Crippen LogP contribution >= 0.6 is 0 Å². The van der Waals surface area contributed by atoms with Crippen molar-refractivity contribution in [2.75, 3.05) is 18.1 Å². The van der Waals surface area contributed by atoms with Gasteiger partial charge in [-0.05, 0) is 24.9 Å². The molecule has 0 saturated carbocycles. The van der Waals surface area contributed by atoms with Gasteiger partial charge in [0.1, 0.15) is 0 Å². The van der Waals surface area contributed by atoms with E-state index in [9.17, 15) is 8.42 Å². The van der Waals surface area contributed by atoms with Gasteiger partial charge in [0.25, 0.3) is 0 Å². The zero-order valence-electron chi connectivity index (χ0n) is 9.22. The fraction of sp³-hybridized carbons (Fsp3) is 0.500. The summed E-state index contributed by atoms with van der Waals surface area (Å²) in [6.45, 7) is 0.802. The standard InChI is InChI=1S/C12H17NO2S/c14-16(15)8-4-7-13-12(10-16)9-11-5-2-1-3-6-11/h1-3,5-6,12-13H,4,7-10H2. The van der Waals surface area contributed by atoms with Gasteiger partial charge in [0, 0.05) is 6.04 Å². The van der Waals surface area contributed by atoms with Crippen LogP contribution in [0.4, 0.5) is 0 Å². The lowest BCUT2D eigenvalue weighted by molar-refractivity contribution is 0.550. The molecule has 1 heterocycles. The third-order valence-electron chi connectivity index (χ3n) is 2.85. The predicted molar refractivity (Wildman–Crippen MR) is 65.2 cm³/mol. The highest BCUT2D eigenvalue weighted by Gasteiger charge is 2.22. The fourth-order valence-electron chi connectivity index (χ4n) is 2.08. The van der Waals surface area contributed by atoms with Gasteiger partial charge in [0.2, 0.25) is 0 Å². The first-order chi connectivity index (χ1) is 7.66. The van der Waals surface area contributed by atoms with Crippen LogP contribution in [0.5, 0.6) is 0 Å². The van der Waals surface area contributed by atoms with Gasteiger partial charge in [-0.2, -0.15) is 0 Å². The van der Waals surface area contributed by atoms with Crippen molar-refractivity contribution in [3.63, 3.8) is 0 Å². The highest BCUT2D eigenvalue weighted by molar-refractivity contribution is 7.91. The van der Waals surface area contributed by atoms with E-state index < -0.39 is 9.84 Å². The Morgan fingerprint density at radius 3 is 2.75 bits per heavy atom. The lowest BCUT2D eigenvalue weighted by Gasteiger charge is -2.15. The number of hydrogen-bond acceptors (Lipinski definition) is 3. The molecule has 1 aromatic carbocycles. The van der Waals surface area contributed by atoms with Gasteiger partial charge < -0.3 is 5.32 Å². The maximum absolute atomic E-state index is 11.6. The molecule has 0 amide bonds. The molecular weight excluding hydrogens is 222 g/mol. The number of nitrogens with one attached hydrogen (secondary N) is 1. The minimum absolute atomic E-state index is 0.0647. The first kappa shape index (κ1) is 11.6. The number of benzene rings is 1. The molecule has 4 heteroatoms. The van der Waals surface area contributed by atoms with E-state index >= 15 is 0 Å². The zero-order chi connectivity index (χ0) is 11.4. The maximum atomic E-state index is 11.6. The Hall–Kier alpha value is -0.870. The van der Waals surface area contributed by atoms with Crippen molar-refractivity contribution in [3.05, 3.63) is 35.9 Å². The summed E-state index contributed by atoms with van der Waals surface area (Å²) >= 11 is 0. The molecule has 3 nitrogen and oxygen atoms in total. The SMILES string of the molecule is O=S1(=O)CCCNC(Cc2ccccc2)C1. The van der Waals surface area contributed by atoms with Gasteiger partial charge in [0.05, 0.1) is 11.5 Å². The number of hydrogen-bond donors (Lipinski definition) is 1. The Morgan fingerprint density at radius 1 is 1.25 bits per heavy atom. The minimum Gasteiger partial charge on any atom is -0.313 e. The summed E-state index contributed by atoms with van der Waals surface area (Å²) in [4.78, 5) is 0. The van der Waals surface area contributed by atoms with E-state index in [0.717, 1.165) is 19.4 Å². The first-order valence-corrected chi connectivity index (χ1v) is 7.46. The molecular formula is C12H17NO2S. The summed E-state index contributed by atoms with van der Waals surface area (Å²) in [6, 6.07) is 10.1. The Morgan fingerprint density at radius 2 is 2.00 bits per heavy atom. The molecule has 1 fully saturated rings. The highest BCUT2D eigenvalue weighted by Crippen LogP contribution is 2.09. The predicted octanol–water partition coefficient (Wildman–Crippen LogP) is 1.01. The fourth-order valence-corrected chi connectivity index (χ4v) is 3.68. The molecule has 1 N–H and O–H groups in total. The highest BCUT2D eigenvalue weighted by atomic mass is 32.2. The smallest absolute Gasteiger partial charge is 0.151 e. The van der Waals surface area contributed by atoms with Crippen LogP contribution in [0.25, 0.3) is 0 Å². The third kappa shape index (κ3) is 3.32. The molecule has 1 saturated heterocycles. The van der Waals surface area contributed by atoms with Crippen molar-refractivity contribution in [3.8, 4) is 0 Å². The Kier molecular flexibility index (Phi) is 3.61. The molecule has 1 aromatic rings. The summed E-state index contributed by atoms with van der Waals surface area (Å²) < 4.78 is 23.3. The molecule has 0 bridgehead atoms. The number of sulfone groups is 1. The molecule has 16 heavy (non-hydrogen) atoms. The van der Waals surface area contributed by atoms with Crippen LogP contribution in [0.3, 0.4) is 0 Å². The number of rotatable bonds is 2. The van der Waals surface area contributed by atoms with Crippen LogP contribution < -0.4 is 5.32 Å². The molecule has 2 rings (SSSR count). The molecule has 0 aromatic heterocycles. The van der Waals surface area contributed by atoms with Gasteiger partial charge in [-0.15, -0.1) is 0 Å². The van der Waals surface area contributed by atoms with E-state index in [-0.39, 0.29) is 11.8 Å². The van der Waals surface area contributed by atoms with Crippen molar-refractivity contribution in [1.82, 2.24) is 5.32 Å². The summed E-state index contributed by atoms with van der Waals surface area (Å²) in [5, 5.41) is 3.31. The lowest BCUT2D eigenvalue weighted by atomic mass is 10.1. The van der Waals surface area contributed by atoms with E-state index in [4.69, 9.17) is 0 Å². The Balaban J connectivity index is 2.04. The van der Waals surface area contributed by atoms with Gasteiger partial charge in [-0.1, -0.05) is 30.3 Å². The molecule has 88 valence electrons. The van der Waals surface area contributed by atoms with Crippen LogP contribution in [-0.2, 0) is 16.3 Å².